The molecule has 0 fully saturated rings. The van der Waals surface area contributed by atoms with Crippen LogP contribution in [0.4, 0.5) is 13.2 Å². The molecule has 0 bridgehead atoms. The monoisotopic (exact) mass is 219 g/mol. The summed E-state index contributed by atoms with van der Waals surface area (Å²) in [7, 11) is 0. The van der Waals surface area contributed by atoms with Crippen LogP contribution in [0.5, 0.6) is 5.75 Å². The van der Waals surface area contributed by atoms with Gasteiger partial charge in [-0.15, -0.1) is 0 Å². The number of nitrogens with zero attached hydrogens (tertiary/aromatic N) is 1. The van der Waals surface area contributed by atoms with Gasteiger partial charge in [-0.2, -0.15) is 13.2 Å². The first kappa shape index (κ1) is 11.5. The largest absolute Gasteiger partial charge is 0.433 e. The maximum absolute atomic E-state index is 12.2. The van der Waals surface area contributed by atoms with Crippen molar-refractivity contribution in [1.82, 2.24) is 4.98 Å². The van der Waals surface area contributed by atoms with Crippen molar-refractivity contribution >= 4 is 5.97 Å². The molecular weight excluding hydrogens is 211 g/mol. The molecule has 6 heteroatoms. The van der Waals surface area contributed by atoms with E-state index < -0.39 is 17.8 Å². The van der Waals surface area contributed by atoms with Gasteiger partial charge < -0.3 is 4.74 Å². The number of carbonyl (C=O) groups is 1. The van der Waals surface area contributed by atoms with Crippen LogP contribution in [0.25, 0.3) is 0 Å². The molecule has 0 aromatic carbocycles. The van der Waals surface area contributed by atoms with Gasteiger partial charge in [0.1, 0.15) is 5.69 Å². The molecule has 1 heterocycles. The van der Waals surface area contributed by atoms with Crippen LogP contribution in [-0.2, 0) is 11.0 Å². The van der Waals surface area contributed by atoms with E-state index in [2.05, 4.69) is 9.72 Å². The second-order valence-corrected chi connectivity index (χ2v) is 2.87. The summed E-state index contributed by atoms with van der Waals surface area (Å²) in [6, 6.07) is 1.85. The van der Waals surface area contributed by atoms with Crippen molar-refractivity contribution in [3.63, 3.8) is 0 Å². The van der Waals surface area contributed by atoms with Gasteiger partial charge in [0.25, 0.3) is 0 Å². The van der Waals surface area contributed by atoms with Crippen LogP contribution in [-0.4, -0.2) is 11.0 Å². The molecule has 0 N–H and O–H groups in total. The third-order valence-electron chi connectivity index (χ3n) is 1.58. The molecule has 0 amide bonds. The predicted molar refractivity (Wildman–Crippen MR) is 45.3 cm³/mol. The van der Waals surface area contributed by atoms with Gasteiger partial charge in [-0.3, -0.25) is 4.79 Å². The smallest absolute Gasteiger partial charge is 0.425 e. The van der Waals surface area contributed by atoms with Crippen LogP contribution < -0.4 is 4.74 Å². The Morgan fingerprint density at radius 1 is 1.40 bits per heavy atom. The summed E-state index contributed by atoms with van der Waals surface area (Å²) in [4.78, 5) is 13.9. The van der Waals surface area contributed by atoms with E-state index in [1.165, 1.54) is 6.92 Å². The molecule has 1 aromatic heterocycles. The van der Waals surface area contributed by atoms with Crippen molar-refractivity contribution in [2.45, 2.75) is 20.0 Å². The summed E-state index contributed by atoms with van der Waals surface area (Å²) in [5.74, 6) is -0.560. The highest BCUT2D eigenvalue weighted by atomic mass is 19.4. The zero-order chi connectivity index (χ0) is 11.6. The lowest BCUT2D eigenvalue weighted by Crippen LogP contribution is -2.10. The molecule has 1 rings (SSSR count). The van der Waals surface area contributed by atoms with Gasteiger partial charge in [0.2, 0.25) is 0 Å². The minimum absolute atomic E-state index is 0.0278. The second kappa shape index (κ2) is 3.88. The Hall–Kier alpha value is -1.59. The van der Waals surface area contributed by atoms with E-state index in [0.717, 1.165) is 19.1 Å². The zero-order valence-corrected chi connectivity index (χ0v) is 8.05. The van der Waals surface area contributed by atoms with Crippen LogP contribution in [0.15, 0.2) is 12.1 Å². The van der Waals surface area contributed by atoms with Gasteiger partial charge in [-0.05, 0) is 19.1 Å². The van der Waals surface area contributed by atoms with Crippen molar-refractivity contribution in [1.29, 1.82) is 0 Å². The lowest BCUT2D eigenvalue weighted by Gasteiger charge is -2.09. The Bertz CT molecular complexity index is 387. The highest BCUT2D eigenvalue weighted by molar-refractivity contribution is 5.69. The number of rotatable bonds is 1. The van der Waals surface area contributed by atoms with Crippen LogP contribution in [0.1, 0.15) is 18.3 Å². The lowest BCUT2D eigenvalue weighted by molar-refractivity contribution is -0.141. The summed E-state index contributed by atoms with van der Waals surface area (Å²) in [6.45, 7) is 2.50. The number of carbonyl (C=O) groups excluding carboxylic acids is 1. The number of aryl methyl sites for hydroxylation is 1. The van der Waals surface area contributed by atoms with Crippen LogP contribution in [0.3, 0.4) is 0 Å². The average molecular weight is 219 g/mol. The van der Waals surface area contributed by atoms with Crippen LogP contribution in [0, 0.1) is 6.92 Å². The van der Waals surface area contributed by atoms with E-state index in [4.69, 9.17) is 0 Å². The Morgan fingerprint density at radius 2 is 2.00 bits per heavy atom. The number of pyridine rings is 1. The third kappa shape index (κ3) is 2.93. The van der Waals surface area contributed by atoms with E-state index in [-0.39, 0.29) is 11.4 Å². The highest BCUT2D eigenvalue weighted by Gasteiger charge is 2.32. The van der Waals surface area contributed by atoms with Crippen molar-refractivity contribution in [3.05, 3.63) is 23.5 Å². The number of esters is 1. The quantitative estimate of drug-likeness (QED) is 0.680. The van der Waals surface area contributed by atoms with E-state index in [0.29, 0.717) is 0 Å². The summed E-state index contributed by atoms with van der Waals surface area (Å²) in [6.07, 6.45) is -4.49. The molecule has 0 aliphatic rings. The van der Waals surface area contributed by atoms with E-state index in [9.17, 15) is 18.0 Å². The van der Waals surface area contributed by atoms with Gasteiger partial charge in [-0.1, -0.05) is 0 Å². The standard InChI is InChI=1S/C9H8F3NO2/c1-5-7(15-6(2)14)3-4-8(13-5)9(10,11)12/h3-4H,1-2H3. The van der Waals surface area contributed by atoms with E-state index in [1.807, 2.05) is 0 Å². The predicted octanol–water partition coefficient (Wildman–Crippen LogP) is 2.33. The number of hydrogen-bond acceptors (Lipinski definition) is 3. The third-order valence-corrected chi connectivity index (χ3v) is 1.58. The molecule has 15 heavy (non-hydrogen) atoms. The Kier molecular flexibility index (Phi) is 2.97. The minimum atomic E-state index is -4.49. The molecule has 0 aliphatic heterocycles. The highest BCUT2D eigenvalue weighted by Crippen LogP contribution is 2.29. The fourth-order valence-electron chi connectivity index (χ4n) is 0.969. The molecule has 0 atom stereocenters. The molecule has 0 unspecified atom stereocenters. The van der Waals surface area contributed by atoms with Gasteiger partial charge >= 0.3 is 12.1 Å². The fraction of sp³-hybridized carbons (Fsp3) is 0.333. The normalized spacial score (nSPS) is 11.3. The average Bonchev–Trinajstić information content (AvgIpc) is 2.05. The summed E-state index contributed by atoms with van der Waals surface area (Å²) < 4.78 is 41.2. The minimum Gasteiger partial charge on any atom is -0.425 e. The molecule has 1 aromatic rings. The van der Waals surface area contributed by atoms with Gasteiger partial charge in [-0.25, -0.2) is 4.98 Å². The molecule has 0 saturated carbocycles. The summed E-state index contributed by atoms with van der Waals surface area (Å²) in [5, 5.41) is 0. The molecule has 0 radical (unpaired) electrons. The molecule has 3 nitrogen and oxygen atoms in total. The van der Waals surface area contributed by atoms with Crippen molar-refractivity contribution in [2.24, 2.45) is 0 Å². The second-order valence-electron chi connectivity index (χ2n) is 2.87. The SMILES string of the molecule is CC(=O)Oc1ccc(C(F)(F)F)nc1C. The molecule has 82 valence electrons. The van der Waals surface area contributed by atoms with E-state index in [1.54, 1.807) is 0 Å². The number of hydrogen-bond donors (Lipinski definition) is 0. The molecular formula is C9H8F3NO2. The zero-order valence-electron chi connectivity index (χ0n) is 8.05. The maximum atomic E-state index is 12.2. The Morgan fingerprint density at radius 3 is 2.40 bits per heavy atom. The first-order chi connectivity index (χ1) is 6.80. The summed E-state index contributed by atoms with van der Waals surface area (Å²) >= 11 is 0. The lowest BCUT2D eigenvalue weighted by atomic mass is 10.3. The van der Waals surface area contributed by atoms with Crippen molar-refractivity contribution in [2.75, 3.05) is 0 Å². The number of ether oxygens (including phenoxy) is 1. The van der Waals surface area contributed by atoms with Crippen LogP contribution >= 0.6 is 0 Å². The van der Waals surface area contributed by atoms with Gasteiger partial charge in [0, 0.05) is 6.92 Å². The first-order valence-electron chi connectivity index (χ1n) is 4.04. The molecule has 0 saturated heterocycles. The van der Waals surface area contributed by atoms with Crippen LogP contribution in [0.2, 0.25) is 0 Å². The van der Waals surface area contributed by atoms with Crippen molar-refractivity contribution in [3.8, 4) is 5.75 Å². The fourth-order valence-corrected chi connectivity index (χ4v) is 0.969. The van der Waals surface area contributed by atoms with Crippen molar-refractivity contribution < 1.29 is 22.7 Å². The topological polar surface area (TPSA) is 39.2 Å². The number of alkyl halides is 3. The number of halogens is 3. The Labute approximate surface area is 83.9 Å². The molecule has 0 spiro atoms. The van der Waals surface area contributed by atoms with Gasteiger partial charge in [0.15, 0.2) is 5.75 Å². The summed E-state index contributed by atoms with van der Waals surface area (Å²) in [5.41, 5.74) is -0.976. The Balaban J connectivity index is 3.03. The van der Waals surface area contributed by atoms with Gasteiger partial charge in [0.05, 0.1) is 5.69 Å². The first-order valence-corrected chi connectivity index (χ1v) is 4.04. The maximum Gasteiger partial charge on any atom is 0.433 e. The van der Waals surface area contributed by atoms with E-state index >= 15 is 0 Å². The number of aromatic nitrogens is 1. The molecule has 0 aliphatic carbocycles.